The van der Waals surface area contributed by atoms with Crippen LogP contribution in [-0.4, -0.2) is 45.6 Å². The molecule has 8 nitrogen and oxygen atoms in total. The summed E-state index contributed by atoms with van der Waals surface area (Å²) in [6.07, 6.45) is 2.41. The zero-order valence-corrected chi connectivity index (χ0v) is 16.9. The lowest BCUT2D eigenvalue weighted by molar-refractivity contribution is -0.119. The van der Waals surface area contributed by atoms with E-state index < -0.39 is 22.5 Å². The van der Waals surface area contributed by atoms with Crippen molar-refractivity contribution in [3.05, 3.63) is 53.1 Å². The topological polar surface area (TPSA) is 108 Å². The summed E-state index contributed by atoms with van der Waals surface area (Å²) in [5.41, 5.74) is 4.97. The number of carbonyl (C=O) groups is 1. The molecule has 0 aromatic heterocycles. The average molecular weight is 405 g/mol. The molecule has 0 radical (unpaired) electrons. The van der Waals surface area contributed by atoms with E-state index in [0.29, 0.717) is 11.3 Å². The van der Waals surface area contributed by atoms with Crippen molar-refractivity contribution < 1.29 is 23.1 Å². The molecule has 0 saturated heterocycles. The first kappa shape index (κ1) is 21.2. The Morgan fingerprint density at radius 3 is 2.61 bits per heavy atom. The predicted molar refractivity (Wildman–Crippen MR) is 109 cm³/mol. The first-order valence-corrected chi connectivity index (χ1v) is 10.2. The van der Waals surface area contributed by atoms with Gasteiger partial charge in [0.05, 0.1) is 25.3 Å². The Bertz CT molecular complexity index is 1000. The summed E-state index contributed by atoms with van der Waals surface area (Å²) in [5, 5.41) is 13.4. The lowest BCUT2D eigenvalue weighted by Gasteiger charge is -2.23. The van der Waals surface area contributed by atoms with Crippen LogP contribution in [0.15, 0.2) is 41.5 Å². The van der Waals surface area contributed by atoms with E-state index in [1.807, 2.05) is 13.0 Å². The summed E-state index contributed by atoms with van der Waals surface area (Å²) in [6, 6.07) is 9.96. The Hall–Kier alpha value is -3.07. The van der Waals surface area contributed by atoms with Crippen molar-refractivity contribution in [3.8, 4) is 11.5 Å². The van der Waals surface area contributed by atoms with Gasteiger partial charge in [0.25, 0.3) is 5.91 Å². The molecule has 0 fully saturated rings. The molecule has 0 unspecified atom stereocenters. The number of anilines is 1. The van der Waals surface area contributed by atoms with Crippen LogP contribution in [0.4, 0.5) is 5.69 Å². The maximum Gasteiger partial charge on any atom is 0.260 e. The molecular formula is C19H23N3O5S. The van der Waals surface area contributed by atoms with E-state index >= 15 is 0 Å². The van der Waals surface area contributed by atoms with Crippen LogP contribution in [0.25, 0.3) is 0 Å². The molecule has 0 aliphatic rings. The Morgan fingerprint density at radius 2 is 1.96 bits per heavy atom. The number of amides is 1. The van der Waals surface area contributed by atoms with Gasteiger partial charge in [0, 0.05) is 0 Å². The highest BCUT2D eigenvalue weighted by Gasteiger charge is 2.22. The SMILES string of the molecule is COc1cc(/C=N\NC(=O)CN(c2cc(C)ccc2C)S(C)(=O)=O)ccc1O. The number of benzene rings is 2. The summed E-state index contributed by atoms with van der Waals surface area (Å²) in [4.78, 5) is 12.2. The largest absolute Gasteiger partial charge is 0.504 e. The van der Waals surface area contributed by atoms with Gasteiger partial charge in [-0.1, -0.05) is 12.1 Å². The van der Waals surface area contributed by atoms with Crippen LogP contribution in [0.2, 0.25) is 0 Å². The van der Waals surface area contributed by atoms with Gasteiger partial charge >= 0.3 is 0 Å². The third-order valence-corrected chi connectivity index (χ3v) is 5.05. The fraction of sp³-hybridized carbons (Fsp3) is 0.263. The lowest BCUT2D eigenvalue weighted by Crippen LogP contribution is -2.39. The van der Waals surface area contributed by atoms with E-state index in [2.05, 4.69) is 10.5 Å². The molecule has 0 saturated carbocycles. The highest BCUT2D eigenvalue weighted by molar-refractivity contribution is 7.92. The maximum absolute atomic E-state index is 12.2. The molecular weight excluding hydrogens is 382 g/mol. The van der Waals surface area contributed by atoms with E-state index in [1.54, 1.807) is 31.2 Å². The number of hydrazone groups is 1. The number of aryl methyl sites for hydroxylation is 2. The second kappa shape index (κ2) is 8.75. The molecule has 1 amide bonds. The van der Waals surface area contributed by atoms with Gasteiger partial charge < -0.3 is 9.84 Å². The van der Waals surface area contributed by atoms with Crippen LogP contribution in [0.3, 0.4) is 0 Å². The van der Waals surface area contributed by atoms with Crippen LogP contribution in [0, 0.1) is 13.8 Å². The second-order valence-corrected chi connectivity index (χ2v) is 8.19. The highest BCUT2D eigenvalue weighted by atomic mass is 32.2. The van der Waals surface area contributed by atoms with E-state index in [1.165, 1.54) is 19.4 Å². The van der Waals surface area contributed by atoms with E-state index in [0.717, 1.165) is 21.7 Å². The molecule has 0 atom stereocenters. The number of ether oxygens (including phenoxy) is 1. The Labute approximate surface area is 164 Å². The predicted octanol–water partition coefficient (Wildman–Crippen LogP) is 1.93. The van der Waals surface area contributed by atoms with Crippen molar-refractivity contribution in [1.82, 2.24) is 5.43 Å². The van der Waals surface area contributed by atoms with Gasteiger partial charge in [0.1, 0.15) is 6.54 Å². The molecule has 0 heterocycles. The number of hydrogen-bond acceptors (Lipinski definition) is 6. The van der Waals surface area contributed by atoms with Gasteiger partial charge in [-0.15, -0.1) is 0 Å². The summed E-state index contributed by atoms with van der Waals surface area (Å²) < 4.78 is 30.4. The van der Waals surface area contributed by atoms with Crippen molar-refractivity contribution >= 4 is 27.8 Å². The zero-order valence-electron chi connectivity index (χ0n) is 16.1. The minimum absolute atomic E-state index is 0.0130. The summed E-state index contributed by atoms with van der Waals surface area (Å²) in [5.74, 6) is -0.331. The summed E-state index contributed by atoms with van der Waals surface area (Å²) >= 11 is 0. The highest BCUT2D eigenvalue weighted by Crippen LogP contribution is 2.25. The molecule has 0 aliphatic heterocycles. The van der Waals surface area contributed by atoms with Crippen LogP contribution in [0.1, 0.15) is 16.7 Å². The number of nitrogens with zero attached hydrogens (tertiary/aromatic N) is 2. The number of phenols is 1. The smallest absolute Gasteiger partial charge is 0.260 e. The number of nitrogens with one attached hydrogen (secondary N) is 1. The van der Waals surface area contributed by atoms with Gasteiger partial charge in [0.15, 0.2) is 11.5 Å². The van der Waals surface area contributed by atoms with Crippen LogP contribution in [-0.2, 0) is 14.8 Å². The summed E-state index contributed by atoms with van der Waals surface area (Å²) in [7, 11) is -2.25. The van der Waals surface area contributed by atoms with Crippen LogP contribution >= 0.6 is 0 Å². The van der Waals surface area contributed by atoms with Crippen molar-refractivity contribution in [2.24, 2.45) is 5.10 Å². The molecule has 2 rings (SSSR count). The molecule has 0 aliphatic carbocycles. The second-order valence-electron chi connectivity index (χ2n) is 6.28. The van der Waals surface area contributed by atoms with Crippen molar-refractivity contribution in [2.45, 2.75) is 13.8 Å². The molecule has 2 aromatic rings. The number of aromatic hydroxyl groups is 1. The van der Waals surface area contributed by atoms with E-state index in [-0.39, 0.29) is 11.5 Å². The van der Waals surface area contributed by atoms with Crippen LogP contribution < -0.4 is 14.5 Å². The number of hydrogen-bond donors (Lipinski definition) is 2. The third-order valence-electron chi connectivity index (χ3n) is 3.93. The normalized spacial score (nSPS) is 11.4. The fourth-order valence-electron chi connectivity index (χ4n) is 2.49. The van der Waals surface area contributed by atoms with Gasteiger partial charge in [0.2, 0.25) is 10.0 Å². The molecule has 28 heavy (non-hydrogen) atoms. The van der Waals surface area contributed by atoms with Gasteiger partial charge in [-0.2, -0.15) is 5.10 Å². The maximum atomic E-state index is 12.2. The Morgan fingerprint density at radius 1 is 1.25 bits per heavy atom. The Kier molecular flexibility index (Phi) is 6.63. The summed E-state index contributed by atoms with van der Waals surface area (Å²) in [6.45, 7) is 3.22. The first-order valence-electron chi connectivity index (χ1n) is 8.35. The molecule has 0 bridgehead atoms. The minimum Gasteiger partial charge on any atom is -0.504 e. The molecule has 9 heteroatoms. The van der Waals surface area contributed by atoms with E-state index in [4.69, 9.17) is 4.74 Å². The van der Waals surface area contributed by atoms with Crippen molar-refractivity contribution in [3.63, 3.8) is 0 Å². The fourth-order valence-corrected chi connectivity index (χ4v) is 3.39. The molecule has 150 valence electrons. The van der Waals surface area contributed by atoms with Crippen molar-refractivity contribution in [1.29, 1.82) is 0 Å². The number of carbonyl (C=O) groups excluding carboxylic acids is 1. The number of sulfonamides is 1. The average Bonchev–Trinajstić information content (AvgIpc) is 2.62. The minimum atomic E-state index is -3.67. The standard InChI is InChI=1S/C19H23N3O5S/c1-13-5-6-14(2)16(9-13)22(28(4,25)26)12-19(24)21-20-11-15-7-8-17(23)18(10-15)27-3/h5-11,23H,12H2,1-4H3,(H,21,24)/b20-11-. The quantitative estimate of drug-likeness (QED) is 0.541. The van der Waals surface area contributed by atoms with Gasteiger partial charge in [-0.25, -0.2) is 13.8 Å². The molecule has 0 spiro atoms. The first-order chi connectivity index (χ1) is 13.1. The third kappa shape index (κ3) is 5.46. The zero-order chi connectivity index (χ0) is 20.9. The lowest BCUT2D eigenvalue weighted by atomic mass is 10.1. The molecule has 2 N–H and O–H groups in total. The number of methoxy groups -OCH3 is 1. The number of rotatable bonds is 7. The number of phenolic OH excluding ortho intramolecular Hbond substituents is 1. The Balaban J connectivity index is 2.13. The van der Waals surface area contributed by atoms with Crippen LogP contribution in [0.5, 0.6) is 11.5 Å². The van der Waals surface area contributed by atoms with Gasteiger partial charge in [-0.3, -0.25) is 9.10 Å². The monoisotopic (exact) mass is 405 g/mol. The van der Waals surface area contributed by atoms with Gasteiger partial charge in [-0.05, 0) is 54.8 Å². The van der Waals surface area contributed by atoms with E-state index in [9.17, 15) is 18.3 Å². The molecule has 2 aromatic carbocycles. The van der Waals surface area contributed by atoms with Crippen molar-refractivity contribution in [2.75, 3.05) is 24.2 Å².